The molecule has 6 nitrogen and oxygen atoms in total. The van der Waals surface area contributed by atoms with E-state index in [4.69, 9.17) is 9.15 Å². The summed E-state index contributed by atoms with van der Waals surface area (Å²) in [5.74, 6) is 0.732. The molecule has 0 spiro atoms. The average molecular weight is 385 g/mol. The zero-order valence-corrected chi connectivity index (χ0v) is 15.6. The molecule has 27 heavy (non-hydrogen) atoms. The van der Waals surface area contributed by atoms with Gasteiger partial charge in [-0.3, -0.25) is 0 Å². The van der Waals surface area contributed by atoms with Crippen LogP contribution in [0.25, 0.3) is 11.0 Å². The van der Waals surface area contributed by atoms with Crippen molar-refractivity contribution in [2.75, 3.05) is 7.11 Å². The first-order chi connectivity index (χ1) is 13.0. The van der Waals surface area contributed by atoms with Gasteiger partial charge in [-0.2, -0.15) is 4.31 Å². The highest BCUT2D eigenvalue weighted by Crippen LogP contribution is 2.34. The number of rotatable bonds is 6. The van der Waals surface area contributed by atoms with E-state index in [0.717, 1.165) is 24.2 Å². The van der Waals surface area contributed by atoms with Crippen LogP contribution >= 0.6 is 0 Å². The van der Waals surface area contributed by atoms with Gasteiger partial charge in [0.2, 0.25) is 10.0 Å². The molecule has 0 radical (unpaired) electrons. The summed E-state index contributed by atoms with van der Waals surface area (Å²) in [6.45, 7) is 0.304. The fourth-order valence-corrected chi connectivity index (χ4v) is 4.74. The third kappa shape index (κ3) is 3.61. The van der Waals surface area contributed by atoms with Crippen molar-refractivity contribution in [3.8, 4) is 5.75 Å². The molecule has 0 N–H and O–H groups in total. The predicted molar refractivity (Wildman–Crippen MR) is 101 cm³/mol. The number of sulfonamides is 1. The van der Waals surface area contributed by atoms with E-state index in [0.29, 0.717) is 17.5 Å². The Morgan fingerprint density at radius 3 is 2.48 bits per heavy atom. The Bertz CT molecular complexity index is 1130. The molecule has 3 aromatic rings. The fraction of sp³-hybridized carbons (Fsp3) is 0.250. The summed E-state index contributed by atoms with van der Waals surface area (Å²) >= 11 is 0. The molecular weight excluding hydrogens is 366 g/mol. The van der Waals surface area contributed by atoms with Crippen LogP contribution in [0.3, 0.4) is 0 Å². The summed E-state index contributed by atoms with van der Waals surface area (Å²) in [5.41, 5.74) is 0.810. The number of ether oxygens (including phenoxy) is 1. The monoisotopic (exact) mass is 385 g/mol. The molecule has 1 aromatic heterocycles. The summed E-state index contributed by atoms with van der Waals surface area (Å²) in [7, 11) is -2.08. The first-order valence-electron chi connectivity index (χ1n) is 8.66. The fourth-order valence-electron chi connectivity index (χ4n) is 3.03. The van der Waals surface area contributed by atoms with Crippen molar-refractivity contribution >= 4 is 21.0 Å². The molecule has 0 amide bonds. The van der Waals surface area contributed by atoms with Gasteiger partial charge in [0.25, 0.3) is 0 Å². The lowest BCUT2D eigenvalue weighted by Gasteiger charge is -2.22. The first kappa shape index (κ1) is 17.8. The summed E-state index contributed by atoms with van der Waals surface area (Å²) in [4.78, 5) is 11.5. The van der Waals surface area contributed by atoms with Crippen molar-refractivity contribution in [1.82, 2.24) is 4.31 Å². The lowest BCUT2D eigenvalue weighted by atomic mass is 10.2. The Balaban J connectivity index is 1.68. The normalized spacial score (nSPS) is 14.6. The van der Waals surface area contributed by atoms with Gasteiger partial charge in [-0.1, -0.05) is 12.1 Å². The maximum atomic E-state index is 13.3. The lowest BCUT2D eigenvalue weighted by Crippen LogP contribution is -2.32. The largest absolute Gasteiger partial charge is 0.497 e. The lowest BCUT2D eigenvalue weighted by molar-refractivity contribution is 0.397. The SMILES string of the molecule is COc1ccc(CN(C2CC2)S(=O)(=O)c2ccc3oc(=O)ccc3c2)cc1. The van der Waals surface area contributed by atoms with Gasteiger partial charge in [-0.15, -0.1) is 0 Å². The minimum Gasteiger partial charge on any atom is -0.497 e. The average Bonchev–Trinajstić information content (AvgIpc) is 3.51. The Morgan fingerprint density at radius 2 is 1.81 bits per heavy atom. The van der Waals surface area contributed by atoms with Gasteiger partial charge >= 0.3 is 5.63 Å². The molecule has 1 saturated carbocycles. The van der Waals surface area contributed by atoms with E-state index in [2.05, 4.69) is 0 Å². The molecule has 4 rings (SSSR count). The van der Waals surface area contributed by atoms with E-state index in [1.165, 1.54) is 18.2 Å². The molecule has 1 heterocycles. The number of benzene rings is 2. The van der Waals surface area contributed by atoms with Crippen molar-refractivity contribution in [3.05, 3.63) is 70.6 Å². The smallest absolute Gasteiger partial charge is 0.336 e. The Morgan fingerprint density at radius 1 is 1.07 bits per heavy atom. The Kier molecular flexibility index (Phi) is 4.49. The van der Waals surface area contributed by atoms with Crippen molar-refractivity contribution in [2.45, 2.75) is 30.3 Å². The highest BCUT2D eigenvalue weighted by atomic mass is 32.2. The molecule has 0 atom stereocenters. The summed E-state index contributed by atoms with van der Waals surface area (Å²) in [6.07, 6.45) is 1.72. The molecule has 7 heteroatoms. The summed E-state index contributed by atoms with van der Waals surface area (Å²) < 4.78 is 38.3. The van der Waals surface area contributed by atoms with E-state index in [1.54, 1.807) is 23.5 Å². The van der Waals surface area contributed by atoms with E-state index in [-0.39, 0.29) is 10.9 Å². The highest BCUT2D eigenvalue weighted by Gasteiger charge is 2.38. The number of methoxy groups -OCH3 is 1. The van der Waals surface area contributed by atoms with E-state index >= 15 is 0 Å². The van der Waals surface area contributed by atoms with Gasteiger partial charge in [0, 0.05) is 24.0 Å². The van der Waals surface area contributed by atoms with Crippen LogP contribution in [0.1, 0.15) is 18.4 Å². The second-order valence-corrected chi connectivity index (χ2v) is 8.47. The number of fused-ring (bicyclic) bond motifs is 1. The van der Waals surface area contributed by atoms with Crippen LogP contribution in [-0.4, -0.2) is 25.9 Å². The van der Waals surface area contributed by atoms with E-state index in [9.17, 15) is 13.2 Å². The molecule has 140 valence electrons. The highest BCUT2D eigenvalue weighted by molar-refractivity contribution is 7.89. The van der Waals surface area contributed by atoms with Gasteiger partial charge in [0.05, 0.1) is 12.0 Å². The van der Waals surface area contributed by atoms with Crippen LogP contribution in [0.4, 0.5) is 0 Å². The van der Waals surface area contributed by atoms with Crippen molar-refractivity contribution < 1.29 is 17.6 Å². The van der Waals surface area contributed by atoms with Crippen LogP contribution in [0.15, 0.2) is 68.7 Å². The van der Waals surface area contributed by atoms with Gasteiger partial charge in [-0.25, -0.2) is 13.2 Å². The Labute approximate surface area is 157 Å². The van der Waals surface area contributed by atoms with Crippen LogP contribution in [-0.2, 0) is 16.6 Å². The molecule has 1 aliphatic carbocycles. The molecule has 2 aromatic carbocycles. The summed E-state index contributed by atoms with van der Waals surface area (Å²) in [6, 6.07) is 14.8. The zero-order valence-electron chi connectivity index (χ0n) is 14.8. The van der Waals surface area contributed by atoms with Crippen molar-refractivity contribution in [1.29, 1.82) is 0 Å². The quantitative estimate of drug-likeness (QED) is 0.609. The second kappa shape index (κ2) is 6.83. The predicted octanol–water partition coefficient (Wildman–Crippen LogP) is 3.15. The van der Waals surface area contributed by atoms with Crippen molar-refractivity contribution in [3.63, 3.8) is 0 Å². The van der Waals surface area contributed by atoms with E-state index < -0.39 is 15.6 Å². The number of hydrogen-bond donors (Lipinski definition) is 0. The van der Waals surface area contributed by atoms with Crippen molar-refractivity contribution in [2.24, 2.45) is 0 Å². The zero-order chi connectivity index (χ0) is 19.0. The number of hydrogen-bond acceptors (Lipinski definition) is 5. The molecule has 0 bridgehead atoms. The standard InChI is InChI=1S/C20H19NO5S/c1-25-17-7-2-14(3-8-17)13-21(16-5-6-16)27(23,24)18-9-10-19-15(12-18)4-11-20(22)26-19/h2-4,7-12,16H,5-6,13H2,1H3. The minimum atomic E-state index is -3.67. The second-order valence-electron chi connectivity index (χ2n) is 6.58. The third-order valence-corrected chi connectivity index (χ3v) is 6.54. The van der Waals surface area contributed by atoms with Crippen LogP contribution < -0.4 is 10.4 Å². The van der Waals surface area contributed by atoms with Crippen LogP contribution in [0.2, 0.25) is 0 Å². The molecule has 0 aliphatic heterocycles. The van der Waals surface area contributed by atoms with Gasteiger partial charge in [0.15, 0.2) is 0 Å². The molecule has 0 unspecified atom stereocenters. The third-order valence-electron chi connectivity index (χ3n) is 4.65. The number of nitrogens with zero attached hydrogens (tertiary/aromatic N) is 1. The van der Waals surface area contributed by atoms with Crippen LogP contribution in [0, 0.1) is 0 Å². The molecule has 1 fully saturated rings. The molecule has 0 saturated heterocycles. The Hall–Kier alpha value is -2.64. The topological polar surface area (TPSA) is 76.8 Å². The maximum Gasteiger partial charge on any atom is 0.336 e. The minimum absolute atomic E-state index is 0.0153. The van der Waals surface area contributed by atoms with E-state index in [1.807, 2.05) is 24.3 Å². The molecular formula is C20H19NO5S. The maximum absolute atomic E-state index is 13.3. The van der Waals surface area contributed by atoms with Crippen LogP contribution in [0.5, 0.6) is 5.75 Å². The molecule has 1 aliphatic rings. The van der Waals surface area contributed by atoms with Gasteiger partial charge in [0.1, 0.15) is 11.3 Å². The first-order valence-corrected chi connectivity index (χ1v) is 10.1. The van der Waals surface area contributed by atoms with Gasteiger partial charge in [-0.05, 0) is 54.8 Å². The van der Waals surface area contributed by atoms with Gasteiger partial charge < -0.3 is 9.15 Å². The summed E-state index contributed by atoms with van der Waals surface area (Å²) in [5, 5.41) is 0.580.